The first-order chi connectivity index (χ1) is 7.55. The molecule has 1 aliphatic rings. The van der Waals surface area contributed by atoms with Crippen LogP contribution < -0.4 is 5.32 Å². The first-order valence-electron chi connectivity index (χ1n) is 6.46. The van der Waals surface area contributed by atoms with Crippen LogP contribution in [0, 0.1) is 11.8 Å². The Morgan fingerprint density at radius 3 is 2.62 bits per heavy atom. The van der Waals surface area contributed by atoms with Gasteiger partial charge in [0.05, 0.1) is 5.75 Å². The van der Waals surface area contributed by atoms with Gasteiger partial charge in [0.15, 0.2) is 0 Å². The topological polar surface area (TPSA) is 46.2 Å². The molecule has 0 amide bonds. The summed E-state index contributed by atoms with van der Waals surface area (Å²) in [5, 5.41) is 3.39. The summed E-state index contributed by atoms with van der Waals surface area (Å²) < 4.78 is 22.5. The van der Waals surface area contributed by atoms with Gasteiger partial charge < -0.3 is 5.32 Å². The molecule has 0 spiro atoms. The van der Waals surface area contributed by atoms with Crippen LogP contribution in [-0.2, 0) is 9.84 Å². The Morgan fingerprint density at radius 1 is 1.31 bits per heavy atom. The molecule has 0 bridgehead atoms. The van der Waals surface area contributed by atoms with Gasteiger partial charge in [-0.2, -0.15) is 0 Å². The largest absolute Gasteiger partial charge is 0.316 e. The Bertz CT molecular complexity index is 287. The quantitative estimate of drug-likeness (QED) is 0.698. The maximum Gasteiger partial charge on any atom is 0.150 e. The summed E-state index contributed by atoms with van der Waals surface area (Å²) in [4.78, 5) is 0. The summed E-state index contributed by atoms with van der Waals surface area (Å²) in [6, 6.07) is 0. The maximum absolute atomic E-state index is 11.2. The average Bonchev–Trinajstić information content (AvgIpc) is 2.64. The predicted molar refractivity (Wildman–Crippen MR) is 68.3 cm³/mol. The van der Waals surface area contributed by atoms with Gasteiger partial charge in [0.25, 0.3) is 0 Å². The second-order valence-electron chi connectivity index (χ2n) is 4.96. The lowest BCUT2D eigenvalue weighted by molar-refractivity contribution is 0.393. The van der Waals surface area contributed by atoms with Gasteiger partial charge in [-0.1, -0.05) is 26.7 Å². The molecular formula is C12H25NO2S. The average molecular weight is 247 g/mol. The number of hydrogen-bond donors (Lipinski definition) is 1. The summed E-state index contributed by atoms with van der Waals surface area (Å²) in [6.07, 6.45) is 4.80. The van der Waals surface area contributed by atoms with Crippen molar-refractivity contribution in [1.82, 2.24) is 5.32 Å². The molecule has 4 heteroatoms. The van der Waals surface area contributed by atoms with Crippen LogP contribution in [-0.4, -0.2) is 33.0 Å². The van der Waals surface area contributed by atoms with Crippen LogP contribution in [0.15, 0.2) is 0 Å². The Balaban J connectivity index is 2.04. The van der Waals surface area contributed by atoms with Crippen molar-refractivity contribution in [3.63, 3.8) is 0 Å². The highest BCUT2D eigenvalue weighted by molar-refractivity contribution is 7.91. The van der Waals surface area contributed by atoms with Gasteiger partial charge in [-0.15, -0.1) is 0 Å². The standard InChI is InChI=1S/C12H25NO2S/c1-3-16(14,15)9-5-8-13-10-12-7-4-6-11(12)2/h11-13H,3-10H2,1-2H3. The van der Waals surface area contributed by atoms with Crippen LogP contribution in [0.3, 0.4) is 0 Å². The Hall–Kier alpha value is -0.0900. The number of nitrogens with one attached hydrogen (secondary N) is 1. The summed E-state index contributed by atoms with van der Waals surface area (Å²) in [7, 11) is -2.77. The van der Waals surface area contributed by atoms with E-state index in [2.05, 4.69) is 12.2 Å². The molecule has 2 unspecified atom stereocenters. The Kier molecular flexibility index (Phi) is 5.76. The van der Waals surface area contributed by atoms with E-state index in [4.69, 9.17) is 0 Å². The molecule has 1 aliphatic carbocycles. The SMILES string of the molecule is CCS(=O)(=O)CCCNCC1CCCC1C. The first-order valence-corrected chi connectivity index (χ1v) is 8.28. The lowest BCUT2D eigenvalue weighted by atomic mass is 9.98. The highest BCUT2D eigenvalue weighted by Crippen LogP contribution is 2.30. The molecule has 0 saturated heterocycles. The summed E-state index contributed by atoms with van der Waals surface area (Å²) in [6.45, 7) is 5.93. The highest BCUT2D eigenvalue weighted by atomic mass is 32.2. The van der Waals surface area contributed by atoms with Crippen molar-refractivity contribution in [3.8, 4) is 0 Å². The van der Waals surface area contributed by atoms with E-state index in [1.807, 2.05) is 0 Å². The van der Waals surface area contributed by atoms with Crippen molar-refractivity contribution in [2.45, 2.75) is 39.5 Å². The minimum atomic E-state index is -2.77. The summed E-state index contributed by atoms with van der Waals surface area (Å²) >= 11 is 0. The fourth-order valence-corrected chi connectivity index (χ4v) is 3.25. The fourth-order valence-electron chi connectivity index (χ4n) is 2.37. The van der Waals surface area contributed by atoms with Crippen LogP contribution in [0.4, 0.5) is 0 Å². The van der Waals surface area contributed by atoms with E-state index in [1.165, 1.54) is 19.3 Å². The summed E-state index contributed by atoms with van der Waals surface area (Å²) in [5.74, 6) is 2.25. The molecule has 16 heavy (non-hydrogen) atoms. The van der Waals surface area contributed by atoms with E-state index in [9.17, 15) is 8.42 Å². The molecule has 1 rings (SSSR count). The molecule has 3 nitrogen and oxygen atoms in total. The maximum atomic E-state index is 11.2. The molecule has 0 heterocycles. The molecule has 1 saturated carbocycles. The van der Waals surface area contributed by atoms with E-state index in [0.717, 1.165) is 31.3 Å². The minimum absolute atomic E-state index is 0.270. The van der Waals surface area contributed by atoms with Gasteiger partial charge >= 0.3 is 0 Å². The second kappa shape index (κ2) is 6.60. The molecular weight excluding hydrogens is 222 g/mol. The van der Waals surface area contributed by atoms with E-state index in [0.29, 0.717) is 5.75 Å². The normalized spacial score (nSPS) is 26.1. The fraction of sp³-hybridized carbons (Fsp3) is 1.00. The van der Waals surface area contributed by atoms with E-state index < -0.39 is 9.84 Å². The van der Waals surface area contributed by atoms with Gasteiger partial charge in [-0.05, 0) is 37.8 Å². The van der Waals surface area contributed by atoms with E-state index >= 15 is 0 Å². The van der Waals surface area contributed by atoms with Gasteiger partial charge in [-0.25, -0.2) is 8.42 Å². The summed E-state index contributed by atoms with van der Waals surface area (Å²) in [5.41, 5.74) is 0. The van der Waals surface area contributed by atoms with E-state index in [1.54, 1.807) is 6.92 Å². The first kappa shape index (κ1) is 14.0. The minimum Gasteiger partial charge on any atom is -0.316 e. The highest BCUT2D eigenvalue weighted by Gasteiger charge is 2.22. The lowest BCUT2D eigenvalue weighted by Crippen LogP contribution is -2.26. The van der Waals surface area contributed by atoms with Crippen LogP contribution in [0.25, 0.3) is 0 Å². The van der Waals surface area contributed by atoms with Crippen LogP contribution in [0.5, 0.6) is 0 Å². The van der Waals surface area contributed by atoms with Crippen LogP contribution >= 0.6 is 0 Å². The zero-order valence-electron chi connectivity index (χ0n) is 10.5. The molecule has 96 valence electrons. The van der Waals surface area contributed by atoms with Crippen molar-refractivity contribution in [2.24, 2.45) is 11.8 Å². The third-order valence-corrected chi connectivity index (χ3v) is 5.48. The molecule has 0 aliphatic heterocycles. The van der Waals surface area contributed by atoms with E-state index in [-0.39, 0.29) is 5.75 Å². The van der Waals surface area contributed by atoms with Gasteiger partial charge in [0.1, 0.15) is 9.84 Å². The van der Waals surface area contributed by atoms with Crippen LogP contribution in [0.2, 0.25) is 0 Å². The zero-order valence-corrected chi connectivity index (χ0v) is 11.4. The predicted octanol–water partition coefficient (Wildman–Crippen LogP) is 1.84. The monoisotopic (exact) mass is 247 g/mol. The third kappa shape index (κ3) is 4.83. The number of rotatable bonds is 7. The third-order valence-electron chi connectivity index (χ3n) is 3.69. The van der Waals surface area contributed by atoms with Crippen molar-refractivity contribution < 1.29 is 8.42 Å². The van der Waals surface area contributed by atoms with Crippen LogP contribution in [0.1, 0.15) is 39.5 Å². The van der Waals surface area contributed by atoms with Gasteiger partial charge in [0, 0.05) is 5.75 Å². The van der Waals surface area contributed by atoms with Gasteiger partial charge in [0.2, 0.25) is 0 Å². The number of sulfone groups is 1. The van der Waals surface area contributed by atoms with Crippen molar-refractivity contribution in [2.75, 3.05) is 24.6 Å². The second-order valence-corrected chi connectivity index (χ2v) is 7.44. The van der Waals surface area contributed by atoms with Crippen molar-refractivity contribution >= 4 is 9.84 Å². The van der Waals surface area contributed by atoms with Crippen molar-refractivity contribution in [3.05, 3.63) is 0 Å². The smallest absolute Gasteiger partial charge is 0.150 e. The Morgan fingerprint density at radius 2 is 2.06 bits per heavy atom. The van der Waals surface area contributed by atoms with Gasteiger partial charge in [-0.3, -0.25) is 0 Å². The molecule has 0 aromatic heterocycles. The molecule has 1 fully saturated rings. The lowest BCUT2D eigenvalue weighted by Gasteiger charge is -2.15. The molecule has 1 N–H and O–H groups in total. The number of hydrogen-bond acceptors (Lipinski definition) is 3. The molecule has 0 aromatic carbocycles. The zero-order chi connectivity index (χ0) is 12.0. The Labute approximate surface area is 99.9 Å². The molecule has 0 radical (unpaired) electrons. The molecule has 2 atom stereocenters. The molecule has 0 aromatic rings. The van der Waals surface area contributed by atoms with Crippen molar-refractivity contribution in [1.29, 1.82) is 0 Å².